The molecule has 3 rings (SSSR count). The molecule has 0 radical (unpaired) electrons. The number of benzene rings is 2. The smallest absolute Gasteiger partial charge is 0.300 e. The second-order valence-corrected chi connectivity index (χ2v) is 7.17. The summed E-state index contributed by atoms with van der Waals surface area (Å²) in [5, 5.41) is 10.9. The van der Waals surface area contributed by atoms with Crippen LogP contribution in [-0.4, -0.2) is 23.7 Å². The summed E-state index contributed by atoms with van der Waals surface area (Å²) in [5.74, 6) is 5.83. The molecule has 0 aromatic heterocycles. The van der Waals surface area contributed by atoms with E-state index in [-0.39, 0.29) is 5.54 Å². The van der Waals surface area contributed by atoms with Gasteiger partial charge in [0.1, 0.15) is 0 Å². The zero-order valence-corrected chi connectivity index (χ0v) is 17.3. The van der Waals surface area contributed by atoms with Gasteiger partial charge in [0.05, 0.1) is 18.9 Å². The summed E-state index contributed by atoms with van der Waals surface area (Å²) in [6, 6.07) is 16.5. The van der Waals surface area contributed by atoms with Crippen LogP contribution in [0.1, 0.15) is 43.9 Å². The monoisotopic (exact) mass is 389 g/mol. The Labute approximate surface area is 172 Å². The van der Waals surface area contributed by atoms with Crippen molar-refractivity contribution in [1.82, 2.24) is 0 Å². The Kier molecular flexibility index (Phi) is 7.68. The van der Waals surface area contributed by atoms with Crippen molar-refractivity contribution < 1.29 is 14.6 Å². The van der Waals surface area contributed by atoms with Crippen LogP contribution in [0, 0.1) is 11.8 Å². The number of hydrogen-bond acceptors (Lipinski definition) is 3. The van der Waals surface area contributed by atoms with Crippen LogP contribution in [0.4, 0.5) is 5.69 Å². The third kappa shape index (κ3) is 7.23. The van der Waals surface area contributed by atoms with Crippen LogP contribution in [0.2, 0.25) is 0 Å². The van der Waals surface area contributed by atoms with Crippen LogP contribution < -0.4 is 5.32 Å². The van der Waals surface area contributed by atoms with Crippen molar-refractivity contribution in [2.45, 2.75) is 32.7 Å². The maximum absolute atomic E-state index is 9.00. The second-order valence-electron chi connectivity index (χ2n) is 7.17. The van der Waals surface area contributed by atoms with Crippen LogP contribution in [-0.2, 0) is 9.53 Å². The third-order valence-electron chi connectivity index (χ3n) is 4.04. The average Bonchev–Trinajstić information content (AvgIpc) is 2.67. The van der Waals surface area contributed by atoms with Gasteiger partial charge in [0.2, 0.25) is 0 Å². The average molecular weight is 389 g/mol. The van der Waals surface area contributed by atoms with Gasteiger partial charge in [0.15, 0.2) is 0 Å². The molecule has 4 nitrogen and oxygen atoms in total. The topological polar surface area (TPSA) is 58.6 Å². The maximum Gasteiger partial charge on any atom is 0.300 e. The van der Waals surface area contributed by atoms with Crippen molar-refractivity contribution in [3.63, 3.8) is 0 Å². The normalized spacial score (nSPS) is 13.3. The quantitative estimate of drug-likeness (QED) is 0.543. The Morgan fingerprint density at radius 2 is 1.90 bits per heavy atom. The first-order chi connectivity index (χ1) is 13.8. The molecule has 0 aliphatic heterocycles. The van der Waals surface area contributed by atoms with E-state index in [0.29, 0.717) is 0 Å². The van der Waals surface area contributed by atoms with Crippen molar-refractivity contribution >= 4 is 23.3 Å². The van der Waals surface area contributed by atoms with Crippen molar-refractivity contribution in [2.24, 2.45) is 0 Å². The molecule has 150 valence electrons. The highest BCUT2D eigenvalue weighted by molar-refractivity contribution is 5.79. The molecular weight excluding hydrogens is 362 g/mol. The van der Waals surface area contributed by atoms with Crippen LogP contribution in [0.25, 0.3) is 11.6 Å². The number of para-hydroxylation sites is 1. The number of rotatable bonds is 3. The zero-order valence-electron chi connectivity index (χ0n) is 17.3. The Hall–Kier alpha value is -3.45. The molecule has 29 heavy (non-hydrogen) atoms. The molecule has 0 saturated carbocycles. The highest BCUT2D eigenvalue weighted by Crippen LogP contribution is 2.29. The number of allylic oxidation sites excluding steroid dienone is 2. The lowest BCUT2D eigenvalue weighted by atomic mass is 9.91. The first-order valence-electron chi connectivity index (χ1n) is 9.39. The standard InChI is InChI=1S/C23H23NO.C2H4O2/c1-23(2,24-21-10-5-4-6-11-21)15-14-18-12-13-19-8-7-9-20(17-25-3)22(19)16-18;1-2(3)4/h4-8,10-13,16-17,24H,9H2,1-3H3;1H3,(H,3,4). The van der Waals surface area contributed by atoms with Crippen LogP contribution in [0.5, 0.6) is 0 Å². The van der Waals surface area contributed by atoms with E-state index >= 15 is 0 Å². The molecule has 0 amide bonds. The molecule has 2 aromatic carbocycles. The number of aliphatic carboxylic acids is 1. The maximum atomic E-state index is 9.00. The van der Waals surface area contributed by atoms with E-state index in [0.717, 1.165) is 24.6 Å². The zero-order chi connectivity index (χ0) is 21.3. The lowest BCUT2D eigenvalue weighted by molar-refractivity contribution is -0.134. The molecular formula is C25H27NO3. The number of fused-ring (bicyclic) bond motifs is 1. The van der Waals surface area contributed by atoms with E-state index in [9.17, 15) is 0 Å². The lowest BCUT2D eigenvalue weighted by Gasteiger charge is -2.21. The number of methoxy groups -OCH3 is 1. The number of nitrogens with one attached hydrogen (secondary N) is 1. The molecule has 1 aliphatic carbocycles. The van der Waals surface area contributed by atoms with Crippen molar-refractivity contribution in [1.29, 1.82) is 0 Å². The molecule has 4 heteroatoms. The van der Waals surface area contributed by atoms with E-state index < -0.39 is 5.97 Å². The number of carbonyl (C=O) groups is 1. The Morgan fingerprint density at radius 1 is 1.21 bits per heavy atom. The van der Waals surface area contributed by atoms with Gasteiger partial charge in [0, 0.05) is 18.2 Å². The van der Waals surface area contributed by atoms with Gasteiger partial charge < -0.3 is 15.2 Å². The predicted octanol–water partition coefficient (Wildman–Crippen LogP) is 5.42. The summed E-state index contributed by atoms with van der Waals surface area (Å²) >= 11 is 0. The number of hydrogen-bond donors (Lipinski definition) is 2. The van der Waals surface area contributed by atoms with Gasteiger partial charge in [-0.2, -0.15) is 0 Å². The van der Waals surface area contributed by atoms with Gasteiger partial charge in [-0.1, -0.05) is 48.3 Å². The van der Waals surface area contributed by atoms with Crippen molar-refractivity contribution in [3.05, 3.63) is 77.6 Å². The van der Waals surface area contributed by atoms with E-state index in [1.807, 2.05) is 24.5 Å². The first kappa shape index (κ1) is 21.8. The molecule has 0 spiro atoms. The molecule has 0 fully saturated rings. The summed E-state index contributed by atoms with van der Waals surface area (Å²) in [6.07, 6.45) is 7.02. The largest absolute Gasteiger partial charge is 0.504 e. The van der Waals surface area contributed by atoms with E-state index in [2.05, 4.69) is 73.5 Å². The number of carboxylic acid groups (broad SMARTS) is 1. The molecule has 0 heterocycles. The van der Waals surface area contributed by atoms with E-state index in [1.54, 1.807) is 7.11 Å². The van der Waals surface area contributed by atoms with Gasteiger partial charge in [-0.15, -0.1) is 0 Å². The third-order valence-corrected chi connectivity index (χ3v) is 4.04. The summed E-state index contributed by atoms with van der Waals surface area (Å²) in [7, 11) is 1.69. The number of ether oxygens (including phenoxy) is 1. The lowest BCUT2D eigenvalue weighted by Crippen LogP contribution is -2.28. The fourth-order valence-electron chi connectivity index (χ4n) is 2.88. The molecule has 0 bridgehead atoms. The predicted molar refractivity (Wildman–Crippen MR) is 119 cm³/mol. The van der Waals surface area contributed by atoms with Gasteiger partial charge in [0.25, 0.3) is 5.97 Å². The molecule has 0 atom stereocenters. The molecule has 0 saturated heterocycles. The molecule has 2 N–H and O–H groups in total. The SMILES string of the molecule is CC(=O)O.COC=C1CC=Cc2ccc(C#CC(C)(C)Nc3ccccc3)cc21. The summed E-state index contributed by atoms with van der Waals surface area (Å²) in [5.41, 5.74) is 5.36. The van der Waals surface area contributed by atoms with Gasteiger partial charge in [-0.05, 0) is 61.2 Å². The minimum Gasteiger partial charge on any atom is -0.504 e. The summed E-state index contributed by atoms with van der Waals surface area (Å²) in [6.45, 7) is 5.26. The number of carboxylic acids is 1. The fourth-order valence-corrected chi connectivity index (χ4v) is 2.88. The van der Waals surface area contributed by atoms with Crippen LogP contribution in [0.3, 0.4) is 0 Å². The van der Waals surface area contributed by atoms with E-state index in [1.165, 1.54) is 16.7 Å². The Balaban J connectivity index is 0.000000687. The minimum absolute atomic E-state index is 0.317. The summed E-state index contributed by atoms with van der Waals surface area (Å²) in [4.78, 5) is 9.00. The second kappa shape index (κ2) is 10.2. The highest BCUT2D eigenvalue weighted by atomic mass is 16.5. The van der Waals surface area contributed by atoms with E-state index in [4.69, 9.17) is 14.6 Å². The molecule has 0 unspecified atom stereocenters. The first-order valence-corrected chi connectivity index (χ1v) is 9.39. The number of anilines is 1. The van der Waals surface area contributed by atoms with Gasteiger partial charge >= 0.3 is 0 Å². The minimum atomic E-state index is -0.833. The Morgan fingerprint density at radius 3 is 2.55 bits per heavy atom. The van der Waals surface area contributed by atoms with Crippen molar-refractivity contribution in [2.75, 3.05) is 12.4 Å². The molecule has 2 aromatic rings. The molecule has 1 aliphatic rings. The Bertz CT molecular complexity index is 957. The van der Waals surface area contributed by atoms with Crippen LogP contribution in [0.15, 0.2) is 60.9 Å². The van der Waals surface area contributed by atoms with Gasteiger partial charge in [-0.3, -0.25) is 4.79 Å². The van der Waals surface area contributed by atoms with Gasteiger partial charge in [-0.25, -0.2) is 0 Å². The summed E-state index contributed by atoms with van der Waals surface area (Å²) < 4.78 is 5.22. The fraction of sp³-hybridized carbons (Fsp3) is 0.240. The highest BCUT2D eigenvalue weighted by Gasteiger charge is 2.14. The van der Waals surface area contributed by atoms with Crippen LogP contribution >= 0.6 is 0 Å². The van der Waals surface area contributed by atoms with Crippen molar-refractivity contribution in [3.8, 4) is 11.8 Å².